The van der Waals surface area contributed by atoms with E-state index >= 15 is 0 Å². The van der Waals surface area contributed by atoms with Crippen molar-refractivity contribution in [3.63, 3.8) is 0 Å². The molecule has 0 heterocycles. The van der Waals surface area contributed by atoms with Gasteiger partial charge in [0, 0.05) is 0 Å². The van der Waals surface area contributed by atoms with Crippen LogP contribution in [0.25, 0.3) is 0 Å². The molecule has 1 aromatic carbocycles. The van der Waals surface area contributed by atoms with E-state index in [1.165, 1.54) is 24.3 Å². The van der Waals surface area contributed by atoms with Crippen LogP contribution in [0.1, 0.15) is 5.56 Å². The van der Waals surface area contributed by atoms with Gasteiger partial charge >= 0.3 is 19.5 Å². The summed E-state index contributed by atoms with van der Waals surface area (Å²) in [6, 6.07) is 5.71. The fourth-order valence-corrected chi connectivity index (χ4v) is 1.21. The highest BCUT2D eigenvalue weighted by Crippen LogP contribution is 2.23. The minimum absolute atomic E-state index is 0.164. The molecule has 0 saturated heterocycles. The number of hydrogen-bond acceptors (Lipinski definition) is 3. The van der Waals surface area contributed by atoms with Gasteiger partial charge in [-0.3, -0.25) is 0 Å². The molecule has 100 valence electrons. The normalized spacial score (nSPS) is 11.9. The number of benzene rings is 1. The summed E-state index contributed by atoms with van der Waals surface area (Å²) in [5.41, 5.74) is 0.544. The molecule has 0 aromatic heterocycles. The van der Waals surface area contributed by atoms with E-state index < -0.39 is 26.1 Å². The van der Waals surface area contributed by atoms with Crippen LogP contribution in [0.5, 0.6) is 0 Å². The second-order valence-corrected chi connectivity index (χ2v) is 3.67. The van der Waals surface area contributed by atoms with Crippen LogP contribution >= 0.6 is 0 Å². The van der Waals surface area contributed by atoms with Crippen LogP contribution in [-0.2, 0) is 11.3 Å². The standard InChI is InChI=1S/C10H11BF4O3/c12-9(13)10(14,15)6-18-5-7-2-1-3-8(4-7)11(16)17/h1-4,9,16-17H,5-6H2. The quantitative estimate of drug-likeness (QED) is 0.591. The smallest absolute Gasteiger partial charge is 0.423 e. The number of hydrogen-bond donors (Lipinski definition) is 2. The number of halogens is 4. The zero-order valence-corrected chi connectivity index (χ0v) is 9.19. The van der Waals surface area contributed by atoms with Crippen LogP contribution < -0.4 is 5.46 Å². The van der Waals surface area contributed by atoms with Crippen LogP contribution in [-0.4, -0.2) is 36.1 Å². The Morgan fingerprint density at radius 3 is 2.50 bits per heavy atom. The molecule has 0 saturated carbocycles. The maximum absolute atomic E-state index is 12.5. The predicted molar refractivity (Wildman–Crippen MR) is 56.9 cm³/mol. The minimum Gasteiger partial charge on any atom is -0.423 e. The van der Waals surface area contributed by atoms with Gasteiger partial charge in [0.05, 0.1) is 6.61 Å². The topological polar surface area (TPSA) is 49.7 Å². The first-order valence-electron chi connectivity index (χ1n) is 5.01. The monoisotopic (exact) mass is 266 g/mol. The van der Waals surface area contributed by atoms with E-state index in [4.69, 9.17) is 10.0 Å². The third kappa shape index (κ3) is 4.28. The Bertz CT molecular complexity index is 387. The lowest BCUT2D eigenvalue weighted by Crippen LogP contribution is -2.32. The van der Waals surface area contributed by atoms with Crippen molar-refractivity contribution in [3.8, 4) is 0 Å². The van der Waals surface area contributed by atoms with E-state index in [9.17, 15) is 17.6 Å². The average Bonchev–Trinajstić information content (AvgIpc) is 2.29. The van der Waals surface area contributed by atoms with Gasteiger partial charge in [0.2, 0.25) is 0 Å². The van der Waals surface area contributed by atoms with E-state index in [1.807, 2.05) is 0 Å². The lowest BCUT2D eigenvalue weighted by Gasteiger charge is -2.15. The van der Waals surface area contributed by atoms with Crippen molar-refractivity contribution in [1.29, 1.82) is 0 Å². The van der Waals surface area contributed by atoms with E-state index in [0.29, 0.717) is 5.56 Å². The predicted octanol–water partition coefficient (Wildman–Crippen LogP) is 0.783. The van der Waals surface area contributed by atoms with Crippen molar-refractivity contribution >= 4 is 12.6 Å². The van der Waals surface area contributed by atoms with Gasteiger partial charge in [-0.15, -0.1) is 0 Å². The lowest BCUT2D eigenvalue weighted by atomic mass is 9.80. The van der Waals surface area contributed by atoms with Gasteiger partial charge in [-0.25, -0.2) is 8.78 Å². The van der Waals surface area contributed by atoms with E-state index in [2.05, 4.69) is 4.74 Å². The maximum atomic E-state index is 12.5. The molecule has 0 atom stereocenters. The molecule has 1 rings (SSSR count). The Kier molecular flexibility index (Phi) is 5.12. The Morgan fingerprint density at radius 2 is 1.94 bits per heavy atom. The highest BCUT2D eigenvalue weighted by Gasteiger charge is 2.40. The van der Waals surface area contributed by atoms with Gasteiger partial charge in [0.1, 0.15) is 6.61 Å². The van der Waals surface area contributed by atoms with E-state index in [0.717, 1.165) is 0 Å². The number of rotatable bonds is 6. The summed E-state index contributed by atoms with van der Waals surface area (Å²) in [4.78, 5) is 0. The average molecular weight is 266 g/mol. The molecule has 0 aliphatic heterocycles. The Labute approximate surface area is 101 Å². The first kappa shape index (κ1) is 14.9. The fourth-order valence-electron chi connectivity index (χ4n) is 1.21. The molecule has 0 aliphatic rings. The van der Waals surface area contributed by atoms with Crippen LogP contribution in [0, 0.1) is 0 Å². The van der Waals surface area contributed by atoms with Crippen LogP contribution in [0.15, 0.2) is 24.3 Å². The van der Waals surface area contributed by atoms with Gasteiger partial charge in [-0.05, 0) is 11.0 Å². The van der Waals surface area contributed by atoms with Crippen LogP contribution in [0.2, 0.25) is 0 Å². The van der Waals surface area contributed by atoms with E-state index in [1.54, 1.807) is 0 Å². The Hall–Kier alpha value is -1.12. The summed E-state index contributed by atoms with van der Waals surface area (Å²) >= 11 is 0. The summed E-state index contributed by atoms with van der Waals surface area (Å²) in [5, 5.41) is 17.7. The van der Waals surface area contributed by atoms with Crippen molar-refractivity contribution in [2.24, 2.45) is 0 Å². The number of alkyl halides is 4. The molecular weight excluding hydrogens is 255 g/mol. The summed E-state index contributed by atoms with van der Waals surface area (Å²) in [5.74, 6) is -4.19. The van der Waals surface area contributed by atoms with Crippen LogP contribution in [0.3, 0.4) is 0 Å². The highest BCUT2D eigenvalue weighted by atomic mass is 19.3. The lowest BCUT2D eigenvalue weighted by molar-refractivity contribution is -0.168. The molecule has 3 nitrogen and oxygen atoms in total. The van der Waals surface area contributed by atoms with Gasteiger partial charge in [0.25, 0.3) is 0 Å². The SMILES string of the molecule is OB(O)c1cccc(COCC(F)(F)C(F)F)c1. The Balaban J connectivity index is 2.52. The fraction of sp³-hybridized carbons (Fsp3) is 0.400. The summed E-state index contributed by atoms with van der Waals surface area (Å²) < 4.78 is 53.1. The van der Waals surface area contributed by atoms with Crippen molar-refractivity contribution in [2.75, 3.05) is 6.61 Å². The second-order valence-electron chi connectivity index (χ2n) is 3.67. The number of ether oxygens (including phenoxy) is 1. The molecule has 0 spiro atoms. The zero-order chi connectivity index (χ0) is 13.8. The molecular formula is C10H11BF4O3. The molecule has 1 aromatic rings. The third-order valence-corrected chi connectivity index (χ3v) is 2.13. The molecule has 2 N–H and O–H groups in total. The molecule has 0 unspecified atom stereocenters. The first-order valence-corrected chi connectivity index (χ1v) is 5.01. The van der Waals surface area contributed by atoms with Gasteiger partial charge in [-0.1, -0.05) is 24.3 Å². The van der Waals surface area contributed by atoms with E-state index in [-0.39, 0.29) is 12.1 Å². The van der Waals surface area contributed by atoms with Crippen molar-refractivity contribution in [1.82, 2.24) is 0 Å². The van der Waals surface area contributed by atoms with Gasteiger partial charge < -0.3 is 14.8 Å². The Morgan fingerprint density at radius 1 is 1.28 bits per heavy atom. The van der Waals surface area contributed by atoms with Crippen LogP contribution in [0.4, 0.5) is 17.6 Å². The van der Waals surface area contributed by atoms with Crippen molar-refractivity contribution in [3.05, 3.63) is 29.8 Å². The molecule has 8 heteroatoms. The third-order valence-electron chi connectivity index (χ3n) is 2.13. The van der Waals surface area contributed by atoms with Gasteiger partial charge in [-0.2, -0.15) is 8.78 Å². The first-order chi connectivity index (χ1) is 8.33. The molecule has 0 amide bonds. The minimum atomic E-state index is -4.19. The summed E-state index contributed by atoms with van der Waals surface area (Å²) in [6.07, 6.45) is -3.77. The molecule has 18 heavy (non-hydrogen) atoms. The summed E-state index contributed by atoms with van der Waals surface area (Å²) in [6.45, 7) is -1.71. The molecule has 0 fully saturated rings. The highest BCUT2D eigenvalue weighted by molar-refractivity contribution is 6.58. The molecule has 0 radical (unpaired) electrons. The van der Waals surface area contributed by atoms with Crippen molar-refractivity contribution < 1.29 is 32.3 Å². The molecule has 0 aliphatic carbocycles. The molecule has 0 bridgehead atoms. The second kappa shape index (κ2) is 6.17. The zero-order valence-electron chi connectivity index (χ0n) is 9.19. The largest absolute Gasteiger partial charge is 0.488 e. The van der Waals surface area contributed by atoms with Gasteiger partial charge in [0.15, 0.2) is 0 Å². The maximum Gasteiger partial charge on any atom is 0.488 e. The van der Waals surface area contributed by atoms with Crippen molar-refractivity contribution in [2.45, 2.75) is 19.0 Å². The summed E-state index contributed by atoms with van der Waals surface area (Å²) in [7, 11) is -1.69.